The Labute approximate surface area is 173 Å². The average molecular weight is 421 g/mol. The van der Waals surface area contributed by atoms with E-state index in [9.17, 15) is 14.0 Å². The fraction of sp³-hybridized carbons (Fsp3) is 0.333. The minimum absolute atomic E-state index is 0.0312. The maximum absolute atomic E-state index is 13.1. The third-order valence-electron chi connectivity index (χ3n) is 4.67. The minimum atomic E-state index is -0.523. The Kier molecular flexibility index (Phi) is 7.34. The molecule has 1 aliphatic carbocycles. The van der Waals surface area contributed by atoms with Gasteiger partial charge < -0.3 is 10.6 Å². The zero-order chi connectivity index (χ0) is 19.9. The van der Waals surface area contributed by atoms with Crippen molar-refractivity contribution in [1.29, 1.82) is 0 Å². The molecular weight excluding hydrogens is 399 g/mol. The molecule has 2 aromatic rings. The molecular formula is C21H22ClFN2O2S. The lowest BCUT2D eigenvalue weighted by molar-refractivity contribution is -0.120. The van der Waals surface area contributed by atoms with Gasteiger partial charge in [0.25, 0.3) is 0 Å². The standard InChI is InChI=1S/C21H22ClFN2O2S/c22-18-12-16(8-11-19(18)23)24-20(26)13-28-17-9-6-15(7-10-17)25-21(27)14-4-2-1-3-5-14/h6-12,14H,1-5,13H2,(H,24,26)(H,25,27). The second-order valence-electron chi connectivity index (χ2n) is 6.81. The molecule has 0 radical (unpaired) electrons. The normalized spacial score (nSPS) is 14.5. The number of carbonyl (C=O) groups excluding carboxylic acids is 2. The van der Waals surface area contributed by atoms with Crippen LogP contribution in [0, 0.1) is 11.7 Å². The van der Waals surface area contributed by atoms with Crippen LogP contribution in [0.2, 0.25) is 5.02 Å². The van der Waals surface area contributed by atoms with Crippen molar-refractivity contribution in [1.82, 2.24) is 0 Å². The lowest BCUT2D eigenvalue weighted by atomic mass is 9.88. The number of hydrogen-bond donors (Lipinski definition) is 2. The number of benzene rings is 2. The van der Waals surface area contributed by atoms with Crippen molar-refractivity contribution in [3.8, 4) is 0 Å². The van der Waals surface area contributed by atoms with Crippen LogP contribution in [0.25, 0.3) is 0 Å². The van der Waals surface area contributed by atoms with Crippen LogP contribution in [0.1, 0.15) is 32.1 Å². The number of thioether (sulfide) groups is 1. The number of rotatable bonds is 6. The molecule has 0 heterocycles. The molecule has 3 rings (SSSR count). The van der Waals surface area contributed by atoms with E-state index in [0.717, 1.165) is 36.3 Å². The van der Waals surface area contributed by atoms with Crippen LogP contribution < -0.4 is 10.6 Å². The predicted molar refractivity (Wildman–Crippen MR) is 112 cm³/mol. The molecule has 1 fully saturated rings. The first-order chi connectivity index (χ1) is 13.5. The van der Waals surface area contributed by atoms with Gasteiger partial charge in [-0.25, -0.2) is 4.39 Å². The molecule has 0 bridgehead atoms. The van der Waals surface area contributed by atoms with Crippen molar-refractivity contribution >= 4 is 46.6 Å². The van der Waals surface area contributed by atoms with Crippen LogP contribution in [0.5, 0.6) is 0 Å². The van der Waals surface area contributed by atoms with Gasteiger partial charge in [0.05, 0.1) is 10.8 Å². The smallest absolute Gasteiger partial charge is 0.234 e. The van der Waals surface area contributed by atoms with Crippen LogP contribution in [-0.2, 0) is 9.59 Å². The Morgan fingerprint density at radius 1 is 1.00 bits per heavy atom. The average Bonchev–Trinajstić information content (AvgIpc) is 2.71. The molecule has 0 unspecified atom stereocenters. The molecule has 2 amide bonds. The number of halogens is 2. The monoisotopic (exact) mass is 420 g/mol. The van der Waals surface area contributed by atoms with Gasteiger partial charge in [-0.15, -0.1) is 11.8 Å². The van der Waals surface area contributed by atoms with E-state index in [1.807, 2.05) is 24.3 Å². The Morgan fingerprint density at radius 3 is 2.36 bits per heavy atom. The summed E-state index contributed by atoms with van der Waals surface area (Å²) in [4.78, 5) is 25.2. The van der Waals surface area contributed by atoms with Gasteiger partial charge in [0.2, 0.25) is 11.8 Å². The molecule has 0 saturated heterocycles. The second-order valence-corrected chi connectivity index (χ2v) is 8.27. The molecule has 28 heavy (non-hydrogen) atoms. The van der Waals surface area contributed by atoms with E-state index >= 15 is 0 Å². The van der Waals surface area contributed by atoms with Crippen molar-refractivity contribution in [2.75, 3.05) is 16.4 Å². The molecule has 0 aromatic heterocycles. The van der Waals surface area contributed by atoms with Crippen LogP contribution in [0.4, 0.5) is 15.8 Å². The molecule has 2 N–H and O–H groups in total. The number of amides is 2. The summed E-state index contributed by atoms with van der Waals surface area (Å²) in [6, 6.07) is 11.5. The van der Waals surface area contributed by atoms with Crippen LogP contribution in [0.3, 0.4) is 0 Å². The summed E-state index contributed by atoms with van der Waals surface area (Å²) in [5.74, 6) is -0.307. The van der Waals surface area contributed by atoms with Gasteiger partial charge in [-0.2, -0.15) is 0 Å². The van der Waals surface area contributed by atoms with Crippen molar-refractivity contribution in [2.24, 2.45) is 5.92 Å². The van der Waals surface area contributed by atoms with E-state index in [0.29, 0.717) is 5.69 Å². The van der Waals surface area contributed by atoms with Crippen LogP contribution >= 0.6 is 23.4 Å². The van der Waals surface area contributed by atoms with E-state index in [4.69, 9.17) is 11.6 Å². The number of nitrogens with one attached hydrogen (secondary N) is 2. The summed E-state index contributed by atoms with van der Waals surface area (Å²) < 4.78 is 13.1. The highest BCUT2D eigenvalue weighted by atomic mass is 35.5. The molecule has 7 heteroatoms. The van der Waals surface area contributed by atoms with Gasteiger partial charge >= 0.3 is 0 Å². The molecule has 0 aliphatic heterocycles. The topological polar surface area (TPSA) is 58.2 Å². The third kappa shape index (κ3) is 5.97. The van der Waals surface area contributed by atoms with Crippen LogP contribution in [-0.4, -0.2) is 17.6 Å². The van der Waals surface area contributed by atoms with E-state index in [2.05, 4.69) is 10.6 Å². The van der Waals surface area contributed by atoms with Gasteiger partial charge in [-0.1, -0.05) is 30.9 Å². The summed E-state index contributed by atoms with van der Waals surface area (Å²) in [6.45, 7) is 0. The molecule has 0 spiro atoms. The fourth-order valence-electron chi connectivity index (χ4n) is 3.16. The molecule has 4 nitrogen and oxygen atoms in total. The highest BCUT2D eigenvalue weighted by Crippen LogP contribution is 2.26. The first-order valence-electron chi connectivity index (χ1n) is 9.30. The third-order valence-corrected chi connectivity index (χ3v) is 5.97. The zero-order valence-electron chi connectivity index (χ0n) is 15.3. The number of anilines is 2. The lowest BCUT2D eigenvalue weighted by Crippen LogP contribution is -2.24. The van der Waals surface area contributed by atoms with Crippen molar-refractivity contribution in [2.45, 2.75) is 37.0 Å². The molecule has 148 valence electrons. The van der Waals surface area contributed by atoms with E-state index < -0.39 is 5.82 Å². The Morgan fingerprint density at radius 2 is 1.68 bits per heavy atom. The highest BCUT2D eigenvalue weighted by molar-refractivity contribution is 8.00. The molecule has 1 aliphatic rings. The first-order valence-corrected chi connectivity index (χ1v) is 10.7. The quantitative estimate of drug-likeness (QED) is 0.587. The van der Waals surface area contributed by atoms with Crippen molar-refractivity contribution < 1.29 is 14.0 Å². The van der Waals surface area contributed by atoms with Crippen LogP contribution in [0.15, 0.2) is 47.4 Å². The lowest BCUT2D eigenvalue weighted by Gasteiger charge is -2.20. The van der Waals surface area contributed by atoms with Crippen molar-refractivity contribution in [3.05, 3.63) is 53.3 Å². The Balaban J connectivity index is 1.46. The first kappa shape index (κ1) is 20.7. The summed E-state index contributed by atoms with van der Waals surface area (Å²) >= 11 is 7.09. The maximum Gasteiger partial charge on any atom is 0.234 e. The summed E-state index contributed by atoms with van der Waals surface area (Å²) in [7, 11) is 0. The molecule has 2 aromatic carbocycles. The SMILES string of the molecule is O=C(CSc1ccc(NC(=O)C2CCCCC2)cc1)Nc1ccc(F)c(Cl)c1. The molecule has 1 saturated carbocycles. The van der Waals surface area contributed by atoms with Gasteiger partial charge in [0.15, 0.2) is 0 Å². The number of hydrogen-bond acceptors (Lipinski definition) is 3. The molecule has 0 atom stereocenters. The maximum atomic E-state index is 13.1. The van der Waals surface area contributed by atoms with Gasteiger partial charge in [-0.05, 0) is 55.3 Å². The number of carbonyl (C=O) groups is 2. The fourth-order valence-corrected chi connectivity index (χ4v) is 4.04. The van der Waals surface area contributed by atoms with Gasteiger partial charge in [0, 0.05) is 22.2 Å². The summed E-state index contributed by atoms with van der Waals surface area (Å²) in [6.07, 6.45) is 5.40. The predicted octanol–water partition coefficient (Wildman–Crippen LogP) is 5.73. The van der Waals surface area contributed by atoms with Crippen molar-refractivity contribution in [3.63, 3.8) is 0 Å². The van der Waals surface area contributed by atoms with E-state index in [1.165, 1.54) is 36.4 Å². The zero-order valence-corrected chi connectivity index (χ0v) is 16.9. The highest BCUT2D eigenvalue weighted by Gasteiger charge is 2.20. The van der Waals surface area contributed by atoms with E-state index in [-0.39, 0.29) is 28.5 Å². The van der Waals surface area contributed by atoms with Gasteiger partial charge in [0.1, 0.15) is 5.82 Å². The minimum Gasteiger partial charge on any atom is -0.326 e. The summed E-state index contributed by atoms with van der Waals surface area (Å²) in [5, 5.41) is 5.63. The largest absolute Gasteiger partial charge is 0.326 e. The second kappa shape index (κ2) is 9.94. The Hall–Kier alpha value is -2.05. The summed E-state index contributed by atoms with van der Waals surface area (Å²) in [5.41, 5.74) is 1.23. The Bertz CT molecular complexity index is 839. The van der Waals surface area contributed by atoms with Gasteiger partial charge in [-0.3, -0.25) is 9.59 Å². The van der Waals surface area contributed by atoms with E-state index in [1.54, 1.807) is 0 Å².